The van der Waals surface area contributed by atoms with E-state index in [0.717, 1.165) is 12.1 Å². The molecule has 1 aliphatic heterocycles. The van der Waals surface area contributed by atoms with E-state index >= 15 is 0 Å². The normalized spacial score (nSPS) is 18.8. The minimum absolute atomic E-state index is 0.0218. The van der Waals surface area contributed by atoms with Crippen molar-refractivity contribution in [2.75, 3.05) is 13.2 Å². The van der Waals surface area contributed by atoms with Crippen molar-refractivity contribution in [1.29, 1.82) is 0 Å². The van der Waals surface area contributed by atoms with Gasteiger partial charge in [-0.15, -0.1) is 0 Å². The van der Waals surface area contributed by atoms with Crippen LogP contribution in [0, 0.1) is 0 Å². The Labute approximate surface area is 186 Å². The summed E-state index contributed by atoms with van der Waals surface area (Å²) in [6.07, 6.45) is 3.17. The van der Waals surface area contributed by atoms with Crippen LogP contribution >= 0.6 is 0 Å². The molecule has 1 aromatic carbocycles. The Balaban J connectivity index is 1.79. The topological polar surface area (TPSA) is 94.8 Å². The molecule has 2 aromatic rings. The molecular formula is C25H27NO6. The van der Waals surface area contributed by atoms with Crippen molar-refractivity contribution in [3.63, 3.8) is 0 Å². The predicted molar refractivity (Wildman–Crippen MR) is 119 cm³/mol. The minimum atomic E-state index is -0.835. The Morgan fingerprint density at radius 3 is 2.75 bits per heavy atom. The molecule has 1 atom stereocenters. The number of rotatable bonds is 6. The highest BCUT2D eigenvalue weighted by Gasteiger charge is 2.40. The van der Waals surface area contributed by atoms with Gasteiger partial charge in [0.15, 0.2) is 11.2 Å². The number of para-hydroxylation sites is 1. The lowest BCUT2D eigenvalue weighted by molar-refractivity contribution is -0.141. The van der Waals surface area contributed by atoms with Crippen LogP contribution in [0.25, 0.3) is 11.0 Å². The maximum atomic E-state index is 13.4. The predicted octanol–water partition coefficient (Wildman–Crippen LogP) is 3.73. The zero-order valence-corrected chi connectivity index (χ0v) is 18.5. The van der Waals surface area contributed by atoms with E-state index in [4.69, 9.17) is 13.9 Å². The Bertz CT molecular complexity index is 1190. The molecule has 0 spiro atoms. The van der Waals surface area contributed by atoms with Gasteiger partial charge < -0.3 is 19.2 Å². The summed E-state index contributed by atoms with van der Waals surface area (Å²) in [5, 5.41) is 3.63. The Kier molecular flexibility index (Phi) is 6.28. The number of carbonyl (C=O) groups excluding carboxylic acids is 2. The van der Waals surface area contributed by atoms with E-state index in [1.807, 2.05) is 13.8 Å². The van der Waals surface area contributed by atoms with E-state index < -0.39 is 11.9 Å². The fraction of sp³-hybridized carbons (Fsp3) is 0.400. The average molecular weight is 437 g/mol. The van der Waals surface area contributed by atoms with Gasteiger partial charge in [0, 0.05) is 29.0 Å². The van der Waals surface area contributed by atoms with Gasteiger partial charge in [-0.2, -0.15) is 0 Å². The number of fused-ring (bicyclic) bond motifs is 1. The van der Waals surface area contributed by atoms with Gasteiger partial charge in [0.1, 0.15) is 12.2 Å². The summed E-state index contributed by atoms with van der Waals surface area (Å²) in [7, 11) is 0. The van der Waals surface area contributed by atoms with Crippen LogP contribution in [0.4, 0.5) is 0 Å². The lowest BCUT2D eigenvalue weighted by Gasteiger charge is -2.33. The van der Waals surface area contributed by atoms with Gasteiger partial charge in [-0.3, -0.25) is 9.59 Å². The van der Waals surface area contributed by atoms with Crippen LogP contribution in [-0.2, 0) is 19.1 Å². The molecule has 1 N–H and O–H groups in total. The number of carbonyl (C=O) groups is 2. The van der Waals surface area contributed by atoms with Crippen molar-refractivity contribution in [2.45, 2.75) is 52.1 Å². The van der Waals surface area contributed by atoms with Crippen LogP contribution < -0.4 is 10.7 Å². The highest BCUT2D eigenvalue weighted by molar-refractivity contribution is 6.04. The Morgan fingerprint density at radius 2 is 1.97 bits per heavy atom. The van der Waals surface area contributed by atoms with E-state index in [1.54, 1.807) is 31.2 Å². The van der Waals surface area contributed by atoms with Crippen molar-refractivity contribution >= 4 is 22.7 Å². The van der Waals surface area contributed by atoms with Crippen LogP contribution in [0.3, 0.4) is 0 Å². The van der Waals surface area contributed by atoms with Crippen LogP contribution in [-0.4, -0.2) is 31.1 Å². The molecule has 7 heteroatoms. The second-order valence-electron chi connectivity index (χ2n) is 8.34. The van der Waals surface area contributed by atoms with Crippen molar-refractivity contribution < 1.29 is 23.5 Å². The molecule has 7 nitrogen and oxygen atoms in total. The zero-order valence-electron chi connectivity index (χ0n) is 18.5. The summed E-state index contributed by atoms with van der Waals surface area (Å²) in [6, 6.07) is 6.94. The molecule has 1 aliphatic carbocycles. The third-order valence-corrected chi connectivity index (χ3v) is 5.78. The van der Waals surface area contributed by atoms with Crippen LogP contribution in [0.15, 0.2) is 62.3 Å². The monoisotopic (exact) mass is 437 g/mol. The minimum Gasteiger partial charge on any atom is -0.464 e. The second-order valence-corrected chi connectivity index (χ2v) is 8.34. The molecule has 0 saturated heterocycles. The second kappa shape index (κ2) is 9.12. The Hall–Kier alpha value is -3.19. The zero-order chi connectivity index (χ0) is 22.8. The van der Waals surface area contributed by atoms with Crippen molar-refractivity contribution in [1.82, 2.24) is 5.32 Å². The number of ether oxygens (including phenoxy) is 2. The van der Waals surface area contributed by atoms with Gasteiger partial charge in [-0.05, 0) is 45.7 Å². The molecule has 32 heavy (non-hydrogen) atoms. The summed E-state index contributed by atoms with van der Waals surface area (Å²) in [5.74, 6) is -1.49. The number of Topliss-reactive ketones (excluding diaryl/α,β-unsaturated/α-hetero) is 1. The van der Waals surface area contributed by atoms with Gasteiger partial charge in [-0.25, -0.2) is 4.79 Å². The summed E-state index contributed by atoms with van der Waals surface area (Å²) in [6.45, 7) is 5.90. The summed E-state index contributed by atoms with van der Waals surface area (Å²) >= 11 is 0. The van der Waals surface area contributed by atoms with Crippen molar-refractivity contribution in [3.8, 4) is 0 Å². The molecule has 1 aromatic heterocycles. The molecule has 2 aliphatic rings. The molecule has 0 fully saturated rings. The molecule has 2 heterocycles. The van der Waals surface area contributed by atoms with Gasteiger partial charge in [0.2, 0.25) is 0 Å². The van der Waals surface area contributed by atoms with E-state index in [2.05, 4.69) is 5.32 Å². The number of esters is 1. The SMILES string of the molecule is CC1=C(C(=O)OCCOC(C)C)[C@@H](c2coc3ccccc3c2=O)C2=C(CCCC2=O)N1. The number of hydrogen-bond donors (Lipinski definition) is 1. The number of ketones is 1. The van der Waals surface area contributed by atoms with Gasteiger partial charge >= 0.3 is 5.97 Å². The number of benzene rings is 1. The fourth-order valence-electron chi connectivity index (χ4n) is 4.35. The first kappa shape index (κ1) is 22.0. The molecule has 0 radical (unpaired) electrons. The molecule has 168 valence electrons. The Morgan fingerprint density at radius 1 is 1.19 bits per heavy atom. The molecule has 0 saturated carbocycles. The van der Waals surface area contributed by atoms with Crippen LogP contribution in [0.5, 0.6) is 0 Å². The highest BCUT2D eigenvalue weighted by Crippen LogP contribution is 2.41. The van der Waals surface area contributed by atoms with Gasteiger partial charge in [-0.1, -0.05) is 12.1 Å². The van der Waals surface area contributed by atoms with Crippen molar-refractivity contribution in [3.05, 3.63) is 68.9 Å². The summed E-state index contributed by atoms with van der Waals surface area (Å²) < 4.78 is 16.6. The summed E-state index contributed by atoms with van der Waals surface area (Å²) in [4.78, 5) is 39.5. The standard InChI is InChI=1S/C25H27NO6/c1-14(2)30-11-12-31-25(29)21-15(3)26-18-8-6-9-19(27)23(18)22(21)17-13-32-20-10-5-4-7-16(20)24(17)28/h4-5,7,10,13-14,22,26H,6,8-9,11-12H2,1-3H3/t22-/m1/s1. The molecular weight excluding hydrogens is 410 g/mol. The maximum Gasteiger partial charge on any atom is 0.336 e. The van der Waals surface area contributed by atoms with E-state index in [-0.39, 0.29) is 41.7 Å². The van der Waals surface area contributed by atoms with Gasteiger partial charge in [0.25, 0.3) is 0 Å². The summed E-state index contributed by atoms with van der Waals surface area (Å²) in [5.41, 5.74) is 2.50. The first-order valence-electron chi connectivity index (χ1n) is 10.9. The third kappa shape index (κ3) is 4.12. The fourth-order valence-corrected chi connectivity index (χ4v) is 4.35. The number of allylic oxidation sites excluding steroid dienone is 3. The lowest BCUT2D eigenvalue weighted by Crippen LogP contribution is -2.36. The molecule has 0 amide bonds. The van der Waals surface area contributed by atoms with E-state index in [9.17, 15) is 14.4 Å². The number of nitrogens with one attached hydrogen (secondary N) is 1. The number of dihydropyridines is 1. The van der Waals surface area contributed by atoms with Crippen LogP contribution in [0.1, 0.15) is 51.5 Å². The number of hydrogen-bond acceptors (Lipinski definition) is 7. The molecule has 0 bridgehead atoms. The first-order chi connectivity index (χ1) is 15.4. The van der Waals surface area contributed by atoms with E-state index in [0.29, 0.717) is 35.1 Å². The largest absolute Gasteiger partial charge is 0.464 e. The molecule has 0 unspecified atom stereocenters. The van der Waals surface area contributed by atoms with Gasteiger partial charge in [0.05, 0.1) is 35.9 Å². The molecule has 4 rings (SSSR count). The van der Waals surface area contributed by atoms with E-state index in [1.165, 1.54) is 6.26 Å². The lowest BCUT2D eigenvalue weighted by atomic mass is 9.75. The van der Waals surface area contributed by atoms with Crippen molar-refractivity contribution in [2.24, 2.45) is 0 Å². The average Bonchev–Trinajstić information content (AvgIpc) is 2.76. The quantitative estimate of drug-likeness (QED) is 0.543. The maximum absolute atomic E-state index is 13.4. The highest BCUT2D eigenvalue weighted by atomic mass is 16.6. The smallest absolute Gasteiger partial charge is 0.336 e. The van der Waals surface area contributed by atoms with Crippen LogP contribution in [0.2, 0.25) is 0 Å². The third-order valence-electron chi connectivity index (χ3n) is 5.78. The first-order valence-corrected chi connectivity index (χ1v) is 10.9.